The van der Waals surface area contributed by atoms with Gasteiger partial charge in [-0.25, -0.2) is 0 Å². The fourth-order valence-corrected chi connectivity index (χ4v) is 1.84. The van der Waals surface area contributed by atoms with E-state index in [9.17, 15) is 0 Å². The molecule has 4 nitrogen and oxygen atoms in total. The lowest BCUT2D eigenvalue weighted by Crippen LogP contribution is -2.12. The summed E-state index contributed by atoms with van der Waals surface area (Å²) >= 11 is 0. The molecule has 0 aromatic heterocycles. The first-order chi connectivity index (χ1) is 10.4. The Hall–Kier alpha value is -2.20. The first-order valence-electron chi connectivity index (χ1n) is 7.23. The predicted molar refractivity (Wildman–Crippen MR) is 86.0 cm³/mol. The van der Waals surface area contributed by atoms with Gasteiger partial charge in [-0.2, -0.15) is 0 Å². The summed E-state index contributed by atoms with van der Waals surface area (Å²) in [6, 6.07) is 17.7. The van der Waals surface area contributed by atoms with Crippen LogP contribution in [-0.2, 0) is 0 Å². The number of rotatable bonds is 9. The molecule has 21 heavy (non-hydrogen) atoms. The van der Waals surface area contributed by atoms with E-state index in [0.717, 1.165) is 30.2 Å². The Labute approximate surface area is 125 Å². The van der Waals surface area contributed by atoms with Crippen LogP contribution in [0.1, 0.15) is 6.42 Å². The number of hydrogen-bond acceptors (Lipinski definition) is 4. The van der Waals surface area contributed by atoms with Crippen LogP contribution in [0.4, 0.5) is 5.69 Å². The van der Waals surface area contributed by atoms with E-state index in [0.29, 0.717) is 19.8 Å². The summed E-state index contributed by atoms with van der Waals surface area (Å²) in [4.78, 5) is 0. The maximum absolute atomic E-state index is 5.67. The summed E-state index contributed by atoms with van der Waals surface area (Å²) in [5, 5.41) is 3.22. The Balaban J connectivity index is 1.62. The third-order valence-electron chi connectivity index (χ3n) is 2.90. The fraction of sp³-hybridized carbons (Fsp3) is 0.294. The van der Waals surface area contributed by atoms with Crippen molar-refractivity contribution in [3.05, 3.63) is 54.6 Å². The Morgan fingerprint density at radius 3 is 2.05 bits per heavy atom. The lowest BCUT2D eigenvalue weighted by molar-refractivity contribution is 0.247. The van der Waals surface area contributed by atoms with Crippen LogP contribution < -0.4 is 20.5 Å². The Morgan fingerprint density at radius 1 is 0.810 bits per heavy atom. The van der Waals surface area contributed by atoms with E-state index in [-0.39, 0.29) is 0 Å². The second-order valence-corrected chi connectivity index (χ2v) is 4.60. The molecular weight excluding hydrogens is 264 g/mol. The maximum Gasteiger partial charge on any atom is 0.119 e. The van der Waals surface area contributed by atoms with Crippen molar-refractivity contribution < 1.29 is 9.47 Å². The zero-order valence-electron chi connectivity index (χ0n) is 12.1. The highest BCUT2D eigenvalue weighted by atomic mass is 16.5. The monoisotopic (exact) mass is 286 g/mol. The number of hydrogen-bond donors (Lipinski definition) is 2. The Bertz CT molecular complexity index is 500. The van der Waals surface area contributed by atoms with E-state index >= 15 is 0 Å². The molecule has 0 atom stereocenters. The van der Waals surface area contributed by atoms with E-state index in [4.69, 9.17) is 15.2 Å². The third-order valence-corrected chi connectivity index (χ3v) is 2.90. The van der Waals surface area contributed by atoms with Crippen molar-refractivity contribution in [3.8, 4) is 11.5 Å². The molecule has 2 aromatic carbocycles. The van der Waals surface area contributed by atoms with Gasteiger partial charge in [0.25, 0.3) is 0 Å². The Kier molecular flexibility index (Phi) is 6.42. The van der Waals surface area contributed by atoms with Gasteiger partial charge in [0.05, 0.1) is 13.2 Å². The van der Waals surface area contributed by atoms with Crippen LogP contribution in [0.5, 0.6) is 11.5 Å². The lowest BCUT2D eigenvalue weighted by atomic mass is 10.3. The molecule has 0 saturated heterocycles. The van der Waals surface area contributed by atoms with Crippen LogP contribution in [0.15, 0.2) is 54.6 Å². The number of ether oxygens (including phenoxy) is 2. The van der Waals surface area contributed by atoms with Crippen molar-refractivity contribution in [2.24, 2.45) is 5.73 Å². The van der Waals surface area contributed by atoms with Gasteiger partial charge in [0, 0.05) is 25.2 Å². The topological polar surface area (TPSA) is 56.5 Å². The van der Waals surface area contributed by atoms with Crippen molar-refractivity contribution in [3.63, 3.8) is 0 Å². The predicted octanol–water partition coefficient (Wildman–Crippen LogP) is 2.91. The largest absolute Gasteiger partial charge is 0.493 e. The SMILES string of the molecule is NCCNc1ccc(OCCCOc2ccccc2)cc1. The normalized spacial score (nSPS) is 10.1. The average molecular weight is 286 g/mol. The molecule has 2 aromatic rings. The van der Waals surface area contributed by atoms with Gasteiger partial charge >= 0.3 is 0 Å². The van der Waals surface area contributed by atoms with Crippen LogP contribution in [0.25, 0.3) is 0 Å². The first kappa shape index (κ1) is 15.2. The molecule has 3 N–H and O–H groups in total. The van der Waals surface area contributed by atoms with Crippen molar-refractivity contribution in [1.82, 2.24) is 0 Å². The minimum absolute atomic E-state index is 0.625. The molecule has 0 unspecified atom stereocenters. The quantitative estimate of drug-likeness (QED) is 0.696. The molecule has 2 rings (SSSR count). The minimum Gasteiger partial charge on any atom is -0.493 e. The Morgan fingerprint density at radius 2 is 1.43 bits per heavy atom. The van der Waals surface area contributed by atoms with Crippen LogP contribution in [0.2, 0.25) is 0 Å². The minimum atomic E-state index is 0.625. The molecule has 0 aliphatic rings. The molecule has 0 saturated carbocycles. The van der Waals surface area contributed by atoms with Crippen molar-refractivity contribution >= 4 is 5.69 Å². The van der Waals surface area contributed by atoms with Crippen molar-refractivity contribution in [1.29, 1.82) is 0 Å². The summed E-state index contributed by atoms with van der Waals surface area (Å²) in [7, 11) is 0. The van der Waals surface area contributed by atoms with Crippen molar-refractivity contribution in [2.45, 2.75) is 6.42 Å². The fourth-order valence-electron chi connectivity index (χ4n) is 1.84. The summed E-state index contributed by atoms with van der Waals surface area (Å²) in [5.74, 6) is 1.76. The van der Waals surface area contributed by atoms with Gasteiger partial charge in [0.1, 0.15) is 11.5 Å². The van der Waals surface area contributed by atoms with Crippen LogP contribution >= 0.6 is 0 Å². The third kappa shape index (κ3) is 5.75. The van der Waals surface area contributed by atoms with Gasteiger partial charge in [0.15, 0.2) is 0 Å². The van der Waals surface area contributed by atoms with E-state index in [1.165, 1.54) is 0 Å². The summed E-state index contributed by atoms with van der Waals surface area (Å²) in [6.45, 7) is 2.69. The van der Waals surface area contributed by atoms with E-state index in [1.54, 1.807) is 0 Å². The number of anilines is 1. The molecular formula is C17H22N2O2. The molecule has 0 fully saturated rings. The summed E-state index contributed by atoms with van der Waals surface area (Å²) in [6.07, 6.45) is 0.849. The highest BCUT2D eigenvalue weighted by Crippen LogP contribution is 2.15. The second kappa shape index (κ2) is 8.87. The van der Waals surface area contributed by atoms with E-state index in [2.05, 4.69) is 5.32 Å². The first-order valence-corrected chi connectivity index (χ1v) is 7.23. The second-order valence-electron chi connectivity index (χ2n) is 4.60. The van der Waals surface area contributed by atoms with E-state index in [1.807, 2.05) is 54.6 Å². The average Bonchev–Trinajstić information content (AvgIpc) is 2.55. The molecule has 0 amide bonds. The number of nitrogens with two attached hydrogens (primary N) is 1. The number of nitrogens with one attached hydrogen (secondary N) is 1. The lowest BCUT2D eigenvalue weighted by Gasteiger charge is -2.09. The van der Waals surface area contributed by atoms with Crippen LogP contribution in [-0.4, -0.2) is 26.3 Å². The maximum atomic E-state index is 5.67. The van der Waals surface area contributed by atoms with E-state index < -0.39 is 0 Å². The molecule has 4 heteroatoms. The zero-order valence-corrected chi connectivity index (χ0v) is 12.1. The van der Waals surface area contributed by atoms with Crippen LogP contribution in [0, 0.1) is 0 Å². The smallest absolute Gasteiger partial charge is 0.119 e. The molecule has 0 radical (unpaired) electrons. The highest BCUT2D eigenvalue weighted by Gasteiger charge is 1.96. The molecule has 0 aliphatic carbocycles. The number of para-hydroxylation sites is 1. The highest BCUT2D eigenvalue weighted by molar-refractivity contribution is 5.46. The van der Waals surface area contributed by atoms with Crippen molar-refractivity contribution in [2.75, 3.05) is 31.6 Å². The van der Waals surface area contributed by atoms with Gasteiger partial charge in [-0.15, -0.1) is 0 Å². The molecule has 0 bridgehead atoms. The van der Waals surface area contributed by atoms with Gasteiger partial charge in [-0.05, 0) is 36.4 Å². The van der Waals surface area contributed by atoms with Gasteiger partial charge in [0.2, 0.25) is 0 Å². The number of benzene rings is 2. The van der Waals surface area contributed by atoms with Gasteiger partial charge < -0.3 is 20.5 Å². The van der Waals surface area contributed by atoms with Gasteiger partial charge in [-0.3, -0.25) is 0 Å². The molecule has 0 aliphatic heterocycles. The summed E-state index contributed by atoms with van der Waals surface area (Å²) in [5.41, 5.74) is 6.50. The van der Waals surface area contributed by atoms with Gasteiger partial charge in [-0.1, -0.05) is 18.2 Å². The molecule has 112 valence electrons. The molecule has 0 spiro atoms. The standard InChI is InChI=1S/C17H22N2O2/c18-11-12-19-15-7-9-17(10-8-15)21-14-4-13-20-16-5-2-1-3-6-16/h1-3,5-10,19H,4,11-14,18H2. The van der Waals surface area contributed by atoms with Crippen LogP contribution in [0.3, 0.4) is 0 Å². The summed E-state index contributed by atoms with van der Waals surface area (Å²) < 4.78 is 11.3. The molecule has 0 heterocycles. The zero-order chi connectivity index (χ0) is 14.8.